The van der Waals surface area contributed by atoms with Gasteiger partial charge in [-0.25, -0.2) is 0 Å². The van der Waals surface area contributed by atoms with E-state index in [1.54, 1.807) is 0 Å². The molecular weight excluding hydrogens is 262 g/mol. The van der Waals surface area contributed by atoms with E-state index in [9.17, 15) is 9.90 Å². The first-order valence-corrected chi connectivity index (χ1v) is 8.23. The molecule has 1 aromatic rings. The molecule has 114 valence electrons. The smallest absolute Gasteiger partial charge is 0.324 e. The Morgan fingerprint density at radius 2 is 2.14 bits per heavy atom. The van der Waals surface area contributed by atoms with Crippen molar-refractivity contribution in [1.82, 2.24) is 4.90 Å². The zero-order valence-corrected chi connectivity index (χ0v) is 12.8. The Labute approximate surface area is 127 Å². The van der Waals surface area contributed by atoms with Crippen LogP contribution in [0.3, 0.4) is 0 Å². The molecule has 21 heavy (non-hydrogen) atoms. The lowest BCUT2D eigenvalue weighted by Crippen LogP contribution is -2.50. The third kappa shape index (κ3) is 2.71. The van der Waals surface area contributed by atoms with E-state index in [2.05, 4.69) is 36.1 Å². The molecule has 0 bridgehead atoms. The summed E-state index contributed by atoms with van der Waals surface area (Å²) in [6.45, 7) is 3.78. The van der Waals surface area contributed by atoms with E-state index in [0.717, 1.165) is 38.8 Å². The fourth-order valence-electron chi connectivity index (χ4n) is 3.89. The number of hydrogen-bond donors (Lipinski definition) is 1. The Kier molecular flexibility index (Phi) is 4.03. The van der Waals surface area contributed by atoms with Gasteiger partial charge in [0.05, 0.1) is 0 Å². The van der Waals surface area contributed by atoms with Gasteiger partial charge in [0.15, 0.2) is 0 Å². The predicted octanol–water partition coefficient (Wildman–Crippen LogP) is 3.78. The Morgan fingerprint density at radius 1 is 1.38 bits per heavy atom. The predicted molar refractivity (Wildman–Crippen MR) is 83.3 cm³/mol. The van der Waals surface area contributed by atoms with Crippen molar-refractivity contribution in [2.75, 3.05) is 6.54 Å². The highest BCUT2D eigenvalue weighted by atomic mass is 16.4. The summed E-state index contributed by atoms with van der Waals surface area (Å²) in [5, 5.41) is 9.79. The first-order chi connectivity index (χ1) is 10.2. The summed E-state index contributed by atoms with van der Waals surface area (Å²) in [4.78, 5) is 14.1. The van der Waals surface area contributed by atoms with Crippen molar-refractivity contribution in [3.63, 3.8) is 0 Å². The van der Waals surface area contributed by atoms with Crippen LogP contribution in [0.2, 0.25) is 0 Å². The molecule has 0 radical (unpaired) electrons. The normalized spacial score (nSPS) is 26.1. The molecule has 1 heterocycles. The molecule has 1 N–H and O–H groups in total. The Morgan fingerprint density at radius 3 is 2.81 bits per heavy atom. The molecular formula is C18H25NO2. The number of carboxylic acid groups (broad SMARTS) is 1. The van der Waals surface area contributed by atoms with Gasteiger partial charge in [-0.3, -0.25) is 9.69 Å². The van der Waals surface area contributed by atoms with Gasteiger partial charge in [-0.1, -0.05) is 37.6 Å². The number of nitrogens with zero attached hydrogens (tertiary/aromatic N) is 1. The van der Waals surface area contributed by atoms with Crippen LogP contribution >= 0.6 is 0 Å². The second-order valence-corrected chi connectivity index (χ2v) is 6.58. The van der Waals surface area contributed by atoms with Crippen molar-refractivity contribution in [2.45, 2.75) is 63.5 Å². The van der Waals surface area contributed by atoms with E-state index in [0.29, 0.717) is 5.92 Å². The van der Waals surface area contributed by atoms with Crippen LogP contribution < -0.4 is 0 Å². The monoisotopic (exact) mass is 287 g/mol. The fraction of sp³-hybridized carbons (Fsp3) is 0.611. The molecule has 1 atom stereocenters. The molecule has 0 amide bonds. The van der Waals surface area contributed by atoms with Gasteiger partial charge in [0.1, 0.15) is 5.54 Å². The molecule has 2 fully saturated rings. The molecule has 2 aliphatic rings. The second kappa shape index (κ2) is 5.80. The van der Waals surface area contributed by atoms with Crippen molar-refractivity contribution in [1.29, 1.82) is 0 Å². The first kappa shape index (κ1) is 14.6. The van der Waals surface area contributed by atoms with Crippen LogP contribution in [0.15, 0.2) is 24.3 Å². The van der Waals surface area contributed by atoms with Crippen molar-refractivity contribution < 1.29 is 9.90 Å². The van der Waals surface area contributed by atoms with Crippen LogP contribution in [-0.4, -0.2) is 28.1 Å². The van der Waals surface area contributed by atoms with Crippen molar-refractivity contribution in [3.05, 3.63) is 35.4 Å². The van der Waals surface area contributed by atoms with E-state index in [-0.39, 0.29) is 0 Å². The maximum Gasteiger partial charge on any atom is 0.324 e. The van der Waals surface area contributed by atoms with Gasteiger partial charge >= 0.3 is 5.97 Å². The summed E-state index contributed by atoms with van der Waals surface area (Å²) in [5.74, 6) is 0.0833. The molecule has 1 saturated carbocycles. The third-order valence-electron chi connectivity index (χ3n) is 5.12. The lowest BCUT2D eigenvalue weighted by Gasteiger charge is -2.35. The molecule has 3 nitrogen and oxygen atoms in total. The quantitative estimate of drug-likeness (QED) is 0.865. The minimum absolute atomic E-state index is 0.634. The lowest BCUT2D eigenvalue weighted by atomic mass is 9.90. The Bertz CT molecular complexity index is 524. The molecule has 0 aromatic heterocycles. The second-order valence-electron chi connectivity index (χ2n) is 6.58. The lowest BCUT2D eigenvalue weighted by molar-refractivity contribution is -0.150. The summed E-state index contributed by atoms with van der Waals surface area (Å²) in [7, 11) is 0. The number of hydrogen-bond acceptors (Lipinski definition) is 2. The van der Waals surface area contributed by atoms with Crippen LogP contribution in [0.25, 0.3) is 0 Å². The number of aliphatic carboxylic acids is 1. The van der Waals surface area contributed by atoms with Crippen LogP contribution in [0.5, 0.6) is 0 Å². The van der Waals surface area contributed by atoms with Crippen molar-refractivity contribution in [3.8, 4) is 0 Å². The van der Waals surface area contributed by atoms with Gasteiger partial charge in [0.25, 0.3) is 0 Å². The van der Waals surface area contributed by atoms with Gasteiger partial charge in [-0.15, -0.1) is 0 Å². The Balaban J connectivity index is 1.84. The molecule has 1 unspecified atom stereocenters. The number of carbonyl (C=O) groups is 1. The van der Waals surface area contributed by atoms with E-state index in [1.165, 1.54) is 24.0 Å². The highest BCUT2D eigenvalue weighted by Gasteiger charge is 2.46. The largest absolute Gasteiger partial charge is 0.480 e. The summed E-state index contributed by atoms with van der Waals surface area (Å²) in [6.07, 6.45) is 6.05. The zero-order chi connectivity index (χ0) is 14.9. The highest BCUT2D eigenvalue weighted by molar-refractivity contribution is 5.79. The Hall–Kier alpha value is -1.35. The molecule has 1 saturated heterocycles. The summed E-state index contributed by atoms with van der Waals surface area (Å²) >= 11 is 0. The third-order valence-corrected chi connectivity index (χ3v) is 5.12. The summed E-state index contributed by atoms with van der Waals surface area (Å²) in [6, 6.07) is 8.60. The number of rotatable bonds is 6. The highest BCUT2D eigenvalue weighted by Crippen LogP contribution is 2.43. The minimum Gasteiger partial charge on any atom is -0.480 e. The average molecular weight is 287 g/mol. The van der Waals surface area contributed by atoms with Gasteiger partial charge in [0, 0.05) is 6.54 Å². The van der Waals surface area contributed by atoms with Gasteiger partial charge < -0.3 is 5.11 Å². The topological polar surface area (TPSA) is 40.5 Å². The number of likely N-dealkylation sites (tertiary alicyclic amines) is 1. The van der Waals surface area contributed by atoms with Crippen LogP contribution in [0.1, 0.15) is 62.5 Å². The SMILES string of the molecule is CCCC1(C(=O)O)CCCN1Cc1ccccc1C1CC1. The first-order valence-electron chi connectivity index (χ1n) is 8.23. The fourth-order valence-corrected chi connectivity index (χ4v) is 3.89. The molecule has 1 aliphatic carbocycles. The van der Waals surface area contributed by atoms with Crippen LogP contribution in [0, 0.1) is 0 Å². The van der Waals surface area contributed by atoms with Gasteiger partial charge in [-0.05, 0) is 55.7 Å². The average Bonchev–Trinajstić information content (AvgIpc) is 3.23. The van der Waals surface area contributed by atoms with E-state index in [1.807, 2.05) is 0 Å². The molecule has 3 rings (SSSR count). The van der Waals surface area contributed by atoms with E-state index >= 15 is 0 Å². The van der Waals surface area contributed by atoms with Crippen molar-refractivity contribution in [2.24, 2.45) is 0 Å². The van der Waals surface area contributed by atoms with Gasteiger partial charge in [-0.2, -0.15) is 0 Å². The van der Waals surface area contributed by atoms with Gasteiger partial charge in [0.2, 0.25) is 0 Å². The number of benzene rings is 1. The molecule has 3 heteroatoms. The zero-order valence-electron chi connectivity index (χ0n) is 12.8. The standard InChI is InChI=1S/C18H25NO2/c1-2-10-18(17(20)21)11-5-12-19(18)13-15-6-3-4-7-16(15)14-8-9-14/h3-4,6-7,14H,2,5,8-13H2,1H3,(H,20,21). The summed E-state index contributed by atoms with van der Waals surface area (Å²) in [5.41, 5.74) is 2.15. The summed E-state index contributed by atoms with van der Waals surface area (Å²) < 4.78 is 0. The maximum atomic E-state index is 11.9. The van der Waals surface area contributed by atoms with Crippen molar-refractivity contribution >= 4 is 5.97 Å². The van der Waals surface area contributed by atoms with E-state index < -0.39 is 11.5 Å². The molecule has 1 aromatic carbocycles. The number of carboxylic acids is 1. The van der Waals surface area contributed by atoms with Crippen LogP contribution in [-0.2, 0) is 11.3 Å². The minimum atomic E-state index is -0.634. The van der Waals surface area contributed by atoms with Crippen LogP contribution in [0.4, 0.5) is 0 Å². The maximum absolute atomic E-state index is 11.9. The molecule has 0 spiro atoms. The van der Waals surface area contributed by atoms with E-state index in [4.69, 9.17) is 0 Å². The molecule has 1 aliphatic heterocycles.